The van der Waals surface area contributed by atoms with Crippen molar-refractivity contribution in [1.29, 1.82) is 0 Å². The molecule has 0 saturated heterocycles. The molecule has 1 aliphatic carbocycles. The predicted molar refractivity (Wildman–Crippen MR) is 224 cm³/mol. The summed E-state index contributed by atoms with van der Waals surface area (Å²) in [5.41, 5.74) is 16.1. The molecule has 0 radical (unpaired) electrons. The average molecular weight is 687 g/mol. The molecule has 0 atom stereocenters. The van der Waals surface area contributed by atoms with Gasteiger partial charge >= 0.3 is 0 Å². The topological polar surface area (TPSA) is 35.6 Å². The Bertz CT molecular complexity index is 3330. The fraction of sp³-hybridized carbons (Fsp3) is 0. The molecule has 250 valence electrons. The number of rotatable bonds is 4. The first-order valence-electron chi connectivity index (χ1n) is 18.4. The second kappa shape index (κ2) is 11.1. The van der Waals surface area contributed by atoms with Gasteiger partial charge in [-0.2, -0.15) is 0 Å². The van der Waals surface area contributed by atoms with Crippen LogP contribution in [0.2, 0.25) is 0 Å². The molecule has 4 nitrogen and oxygen atoms in total. The van der Waals surface area contributed by atoms with Crippen LogP contribution in [0.5, 0.6) is 0 Å². The smallest absolute Gasteiger partial charge is 0.138 e. The van der Waals surface area contributed by atoms with Crippen LogP contribution in [0.25, 0.3) is 111 Å². The minimum absolute atomic E-state index is 0.901. The van der Waals surface area contributed by atoms with E-state index in [1.54, 1.807) is 0 Å². The summed E-state index contributed by atoms with van der Waals surface area (Å²) in [5, 5.41) is 6.07. The molecule has 54 heavy (non-hydrogen) atoms. The van der Waals surface area contributed by atoms with Gasteiger partial charge in [-0.05, 0) is 94.5 Å². The van der Waals surface area contributed by atoms with E-state index in [4.69, 9.17) is 9.97 Å². The highest BCUT2D eigenvalue weighted by Crippen LogP contribution is 2.47. The van der Waals surface area contributed by atoms with Gasteiger partial charge in [-0.25, -0.2) is 4.98 Å². The molecule has 0 aliphatic heterocycles. The number of benzene rings is 7. The fourth-order valence-electron chi connectivity index (χ4n) is 8.92. The first-order chi connectivity index (χ1) is 26.8. The average Bonchev–Trinajstić information content (AvgIpc) is 3.87. The molecule has 0 amide bonds. The molecule has 1 aliphatic rings. The van der Waals surface area contributed by atoms with Gasteiger partial charge in [-0.1, -0.05) is 109 Å². The second-order valence-electron chi connectivity index (χ2n) is 14.2. The van der Waals surface area contributed by atoms with E-state index in [-0.39, 0.29) is 0 Å². The maximum absolute atomic E-state index is 5.29. The highest BCUT2D eigenvalue weighted by atomic mass is 15.1. The maximum atomic E-state index is 5.29. The van der Waals surface area contributed by atoms with Crippen LogP contribution in [-0.2, 0) is 0 Å². The zero-order valence-electron chi connectivity index (χ0n) is 29.1. The number of hydrogen-bond acceptors (Lipinski definition) is 2. The standard InChI is InChI=1S/C50H30N4/c1-2-11-31(12-3-1)32-13-8-14-35(27-32)53-44-20-6-4-15-36(44)40-28-33(22-24-46(40)53)34-23-25-47-41(29-34)37-16-5-7-21-45(37)54(47)48-30-42-49-38(17-9-19-43(49)52-48)39-18-10-26-51-50(39)42/h1-30H. The van der Waals surface area contributed by atoms with Crippen molar-refractivity contribution in [3.8, 4) is 56.1 Å². The van der Waals surface area contributed by atoms with Crippen LogP contribution in [0.4, 0.5) is 0 Å². The molecule has 7 aromatic carbocycles. The highest BCUT2D eigenvalue weighted by molar-refractivity contribution is 6.15. The van der Waals surface area contributed by atoms with E-state index in [0.717, 1.165) is 39.3 Å². The van der Waals surface area contributed by atoms with E-state index in [2.05, 4.69) is 179 Å². The van der Waals surface area contributed by atoms with Crippen LogP contribution in [0.3, 0.4) is 0 Å². The third-order valence-corrected chi connectivity index (χ3v) is 11.3. The van der Waals surface area contributed by atoms with Crippen molar-refractivity contribution < 1.29 is 0 Å². The molecule has 11 aromatic rings. The monoisotopic (exact) mass is 686 g/mol. The third-order valence-electron chi connectivity index (χ3n) is 11.3. The summed E-state index contributed by atoms with van der Waals surface area (Å²) in [6.07, 6.45) is 1.89. The van der Waals surface area contributed by atoms with Crippen LogP contribution in [0.15, 0.2) is 182 Å². The van der Waals surface area contributed by atoms with E-state index < -0.39 is 0 Å². The lowest BCUT2D eigenvalue weighted by Gasteiger charge is -2.11. The summed E-state index contributed by atoms with van der Waals surface area (Å²) < 4.78 is 4.72. The Morgan fingerprint density at radius 3 is 1.76 bits per heavy atom. The van der Waals surface area contributed by atoms with Crippen molar-refractivity contribution in [3.05, 3.63) is 182 Å². The number of nitrogens with zero attached hydrogens (tertiary/aromatic N) is 4. The molecule has 0 spiro atoms. The Labute approximate surface area is 310 Å². The molecule has 0 bridgehead atoms. The lowest BCUT2D eigenvalue weighted by atomic mass is 10.0. The van der Waals surface area contributed by atoms with Crippen LogP contribution >= 0.6 is 0 Å². The quantitative estimate of drug-likeness (QED) is 0.185. The molecule has 12 rings (SSSR count). The van der Waals surface area contributed by atoms with E-state index in [0.29, 0.717) is 0 Å². The van der Waals surface area contributed by atoms with Gasteiger partial charge in [0.05, 0.1) is 33.3 Å². The summed E-state index contributed by atoms with van der Waals surface area (Å²) in [5.74, 6) is 0.901. The zero-order chi connectivity index (χ0) is 35.3. The molecule has 0 unspecified atom stereocenters. The van der Waals surface area contributed by atoms with Gasteiger partial charge < -0.3 is 4.57 Å². The predicted octanol–water partition coefficient (Wildman–Crippen LogP) is 12.8. The van der Waals surface area contributed by atoms with Crippen molar-refractivity contribution in [3.63, 3.8) is 0 Å². The second-order valence-corrected chi connectivity index (χ2v) is 14.2. The van der Waals surface area contributed by atoms with Gasteiger partial charge in [-0.15, -0.1) is 0 Å². The van der Waals surface area contributed by atoms with Gasteiger partial charge in [-0.3, -0.25) is 9.55 Å². The Balaban J connectivity index is 1.03. The first-order valence-corrected chi connectivity index (χ1v) is 18.4. The SMILES string of the molecule is c1ccc(-c2cccc(-n3c4ccccc4c4cc(-c5ccc6c(c5)c5ccccc5n6-c5cc6c7c(cccc7n5)-c5cccnc5-6)ccc43)c2)cc1. The number of fused-ring (bicyclic) bond motifs is 9. The van der Waals surface area contributed by atoms with Crippen LogP contribution < -0.4 is 0 Å². The van der Waals surface area contributed by atoms with Crippen molar-refractivity contribution in [1.82, 2.24) is 19.1 Å². The molecular formula is C50H30N4. The highest BCUT2D eigenvalue weighted by Gasteiger charge is 2.25. The lowest BCUT2D eigenvalue weighted by Crippen LogP contribution is -1.98. The van der Waals surface area contributed by atoms with Crippen LogP contribution in [-0.4, -0.2) is 19.1 Å². The number of para-hydroxylation sites is 2. The minimum atomic E-state index is 0.901. The minimum Gasteiger partial charge on any atom is -0.309 e. The fourth-order valence-corrected chi connectivity index (χ4v) is 8.92. The molecule has 0 saturated carbocycles. The molecule has 4 heteroatoms. The van der Waals surface area contributed by atoms with Crippen molar-refractivity contribution >= 4 is 54.5 Å². The third kappa shape index (κ3) is 4.13. The first kappa shape index (κ1) is 29.3. The summed E-state index contributed by atoms with van der Waals surface area (Å²) in [7, 11) is 0. The normalized spacial score (nSPS) is 12.1. The Hall–Kier alpha value is -7.30. The van der Waals surface area contributed by atoms with E-state index in [1.165, 1.54) is 71.3 Å². The van der Waals surface area contributed by atoms with Crippen LogP contribution in [0, 0.1) is 0 Å². The lowest BCUT2D eigenvalue weighted by molar-refractivity contribution is 1.10. The Morgan fingerprint density at radius 2 is 0.981 bits per heavy atom. The molecule has 4 aromatic heterocycles. The van der Waals surface area contributed by atoms with Gasteiger partial charge in [0.25, 0.3) is 0 Å². The number of aromatic nitrogens is 4. The zero-order valence-corrected chi connectivity index (χ0v) is 29.1. The van der Waals surface area contributed by atoms with E-state index in [1.807, 2.05) is 12.3 Å². The van der Waals surface area contributed by atoms with Gasteiger partial charge in [0, 0.05) is 49.9 Å². The summed E-state index contributed by atoms with van der Waals surface area (Å²) in [4.78, 5) is 10.1. The summed E-state index contributed by atoms with van der Waals surface area (Å²) in [6, 6.07) is 63.5. The summed E-state index contributed by atoms with van der Waals surface area (Å²) >= 11 is 0. The molecular weight excluding hydrogens is 657 g/mol. The van der Waals surface area contributed by atoms with Crippen molar-refractivity contribution in [2.45, 2.75) is 0 Å². The molecule has 4 heterocycles. The maximum Gasteiger partial charge on any atom is 0.138 e. The number of hydrogen-bond donors (Lipinski definition) is 0. The van der Waals surface area contributed by atoms with E-state index >= 15 is 0 Å². The Kier molecular flexibility index (Phi) is 6.02. The van der Waals surface area contributed by atoms with E-state index in [9.17, 15) is 0 Å². The van der Waals surface area contributed by atoms with Gasteiger partial charge in [0.15, 0.2) is 0 Å². The Morgan fingerprint density at radius 1 is 0.370 bits per heavy atom. The van der Waals surface area contributed by atoms with Gasteiger partial charge in [0.1, 0.15) is 5.82 Å². The largest absolute Gasteiger partial charge is 0.309 e. The van der Waals surface area contributed by atoms with Crippen LogP contribution in [0.1, 0.15) is 0 Å². The van der Waals surface area contributed by atoms with Crippen molar-refractivity contribution in [2.24, 2.45) is 0 Å². The molecule has 0 N–H and O–H groups in total. The summed E-state index contributed by atoms with van der Waals surface area (Å²) in [6.45, 7) is 0. The van der Waals surface area contributed by atoms with Gasteiger partial charge in [0.2, 0.25) is 0 Å². The van der Waals surface area contributed by atoms with Crippen molar-refractivity contribution in [2.75, 3.05) is 0 Å². The molecule has 0 fully saturated rings. The number of pyridine rings is 2.